The van der Waals surface area contributed by atoms with Gasteiger partial charge >= 0.3 is 5.97 Å². The lowest BCUT2D eigenvalue weighted by Crippen LogP contribution is -2.29. The molecule has 0 saturated carbocycles. The van der Waals surface area contributed by atoms with E-state index in [0.29, 0.717) is 0 Å². The Labute approximate surface area is 137 Å². The lowest BCUT2D eigenvalue weighted by molar-refractivity contribution is -0.384. The van der Waals surface area contributed by atoms with Crippen LogP contribution in [0.1, 0.15) is 13.8 Å². The second kappa shape index (κ2) is 8.70. The fourth-order valence-corrected chi connectivity index (χ4v) is 1.69. The van der Waals surface area contributed by atoms with Gasteiger partial charge in [0.1, 0.15) is 0 Å². The van der Waals surface area contributed by atoms with Crippen molar-refractivity contribution in [2.24, 2.45) is 0 Å². The van der Waals surface area contributed by atoms with Gasteiger partial charge in [-0.3, -0.25) is 14.9 Å². The number of carbonyl (C=O) groups excluding carboxylic acids is 2. The Hall–Kier alpha value is -2.67. The number of hydrogen-bond acceptors (Lipinski definition) is 5. The highest BCUT2D eigenvalue weighted by atomic mass is 35.5. The summed E-state index contributed by atoms with van der Waals surface area (Å²) in [5, 5.41) is 13.1. The first-order valence-electron chi connectivity index (χ1n) is 6.60. The maximum atomic E-state index is 11.9. The normalized spacial score (nSPS) is 12.3. The number of nitrogens with one attached hydrogen (secondary N) is 1. The van der Waals surface area contributed by atoms with Crippen molar-refractivity contribution in [3.8, 4) is 0 Å². The SMILES string of the molecule is C/C=C/C=C/C(=O)O[C@H](C)C(=O)Nc1ccc([N+](=O)[O-])cc1Cl. The molecule has 1 atom stereocenters. The average molecular weight is 339 g/mol. The molecule has 1 rings (SSSR count). The standard InChI is InChI=1S/C15H15ClN2O5/c1-3-4-5-6-14(19)23-10(2)15(20)17-13-8-7-11(18(21)22)9-12(13)16/h3-10H,1-2H3,(H,17,20)/b4-3+,6-5+/t10-/m1/s1. The van der Waals surface area contributed by atoms with Crippen molar-refractivity contribution in [1.29, 1.82) is 0 Å². The molecule has 1 N–H and O–H groups in total. The zero-order valence-corrected chi connectivity index (χ0v) is 13.2. The van der Waals surface area contributed by atoms with E-state index in [4.69, 9.17) is 16.3 Å². The molecule has 1 aromatic rings. The van der Waals surface area contributed by atoms with Gasteiger partial charge in [-0.2, -0.15) is 0 Å². The van der Waals surface area contributed by atoms with Crippen molar-refractivity contribution < 1.29 is 19.2 Å². The number of nitro groups is 1. The third-order valence-corrected chi connectivity index (χ3v) is 2.93. The second-order valence-corrected chi connectivity index (χ2v) is 4.78. The van der Waals surface area contributed by atoms with Crippen LogP contribution < -0.4 is 5.32 Å². The molecule has 0 spiro atoms. The van der Waals surface area contributed by atoms with E-state index in [2.05, 4.69) is 5.32 Å². The van der Waals surface area contributed by atoms with E-state index >= 15 is 0 Å². The summed E-state index contributed by atoms with van der Waals surface area (Å²) in [6.07, 6.45) is 4.99. The van der Waals surface area contributed by atoms with Gasteiger partial charge in [0.2, 0.25) is 0 Å². The molecule has 0 fully saturated rings. The smallest absolute Gasteiger partial charge is 0.331 e. The van der Waals surface area contributed by atoms with Gasteiger partial charge in [0.25, 0.3) is 11.6 Å². The molecule has 122 valence electrons. The van der Waals surface area contributed by atoms with Gasteiger partial charge in [-0.05, 0) is 19.9 Å². The fraction of sp³-hybridized carbons (Fsp3) is 0.200. The number of rotatable bonds is 6. The molecule has 0 aliphatic rings. The Morgan fingerprint density at radius 3 is 2.65 bits per heavy atom. The summed E-state index contributed by atoms with van der Waals surface area (Å²) >= 11 is 5.87. The van der Waals surface area contributed by atoms with Gasteiger partial charge in [-0.15, -0.1) is 0 Å². The van der Waals surface area contributed by atoms with Crippen LogP contribution in [-0.4, -0.2) is 22.9 Å². The number of anilines is 1. The van der Waals surface area contributed by atoms with Crippen molar-refractivity contribution in [1.82, 2.24) is 0 Å². The van der Waals surface area contributed by atoms with Crippen LogP contribution in [0.4, 0.5) is 11.4 Å². The van der Waals surface area contributed by atoms with Crippen LogP contribution in [0.2, 0.25) is 5.02 Å². The summed E-state index contributed by atoms with van der Waals surface area (Å²) < 4.78 is 4.91. The predicted molar refractivity (Wildman–Crippen MR) is 86.2 cm³/mol. The van der Waals surface area contributed by atoms with Gasteiger partial charge in [0.05, 0.1) is 15.6 Å². The number of halogens is 1. The van der Waals surface area contributed by atoms with Crippen molar-refractivity contribution in [2.45, 2.75) is 20.0 Å². The van der Waals surface area contributed by atoms with Gasteiger partial charge in [-0.25, -0.2) is 4.79 Å². The molecule has 0 aromatic heterocycles. The molecule has 0 heterocycles. The zero-order chi connectivity index (χ0) is 17.4. The summed E-state index contributed by atoms with van der Waals surface area (Å²) in [6, 6.07) is 3.63. The highest BCUT2D eigenvalue weighted by Crippen LogP contribution is 2.26. The van der Waals surface area contributed by atoms with E-state index in [1.54, 1.807) is 19.1 Å². The number of non-ortho nitro benzene ring substituents is 1. The maximum absolute atomic E-state index is 11.9. The fourth-order valence-electron chi connectivity index (χ4n) is 1.47. The van der Waals surface area contributed by atoms with Crippen LogP contribution in [0.5, 0.6) is 0 Å². The van der Waals surface area contributed by atoms with Gasteiger partial charge in [0, 0.05) is 18.2 Å². The Morgan fingerprint density at radius 1 is 1.39 bits per heavy atom. The van der Waals surface area contributed by atoms with Crippen molar-refractivity contribution in [2.75, 3.05) is 5.32 Å². The van der Waals surface area contributed by atoms with E-state index in [1.165, 1.54) is 31.2 Å². The monoisotopic (exact) mass is 338 g/mol. The van der Waals surface area contributed by atoms with Crippen LogP contribution in [0, 0.1) is 10.1 Å². The maximum Gasteiger partial charge on any atom is 0.331 e. The van der Waals surface area contributed by atoms with Crippen LogP contribution in [0.25, 0.3) is 0 Å². The molecule has 0 unspecified atom stereocenters. The molecule has 0 aliphatic heterocycles. The number of carbonyl (C=O) groups is 2. The van der Waals surface area contributed by atoms with Crippen LogP contribution >= 0.6 is 11.6 Å². The summed E-state index contributed by atoms with van der Waals surface area (Å²) in [4.78, 5) is 33.4. The van der Waals surface area contributed by atoms with E-state index in [9.17, 15) is 19.7 Å². The van der Waals surface area contributed by atoms with Crippen LogP contribution in [0.3, 0.4) is 0 Å². The quantitative estimate of drug-likeness (QED) is 0.282. The van der Waals surface area contributed by atoms with E-state index < -0.39 is 22.9 Å². The molecule has 7 nitrogen and oxygen atoms in total. The highest BCUT2D eigenvalue weighted by Gasteiger charge is 2.18. The lowest BCUT2D eigenvalue weighted by Gasteiger charge is -2.13. The van der Waals surface area contributed by atoms with Crippen LogP contribution in [-0.2, 0) is 14.3 Å². The molecule has 0 aliphatic carbocycles. The minimum absolute atomic E-state index is 0.0130. The van der Waals surface area contributed by atoms with Crippen molar-refractivity contribution in [3.05, 3.63) is 57.6 Å². The Bertz CT molecular complexity index is 670. The van der Waals surface area contributed by atoms with Crippen molar-refractivity contribution in [3.63, 3.8) is 0 Å². The number of nitro benzene ring substituents is 1. The van der Waals surface area contributed by atoms with Gasteiger partial charge in [-0.1, -0.05) is 29.8 Å². The number of benzene rings is 1. The van der Waals surface area contributed by atoms with Crippen molar-refractivity contribution >= 4 is 34.9 Å². The third-order valence-electron chi connectivity index (χ3n) is 2.62. The molecule has 8 heteroatoms. The van der Waals surface area contributed by atoms with Crippen LogP contribution in [0.15, 0.2) is 42.5 Å². The summed E-state index contributed by atoms with van der Waals surface area (Å²) in [7, 11) is 0. The van der Waals surface area contributed by atoms with Gasteiger partial charge < -0.3 is 10.1 Å². The number of nitrogens with zero attached hydrogens (tertiary/aromatic N) is 1. The largest absolute Gasteiger partial charge is 0.449 e. The topological polar surface area (TPSA) is 98.5 Å². The number of hydrogen-bond donors (Lipinski definition) is 1. The summed E-state index contributed by atoms with van der Waals surface area (Å²) in [5.41, 5.74) is -0.00350. The highest BCUT2D eigenvalue weighted by molar-refractivity contribution is 6.34. The molecule has 0 radical (unpaired) electrons. The first-order chi connectivity index (χ1) is 10.8. The van der Waals surface area contributed by atoms with E-state index in [-0.39, 0.29) is 16.4 Å². The second-order valence-electron chi connectivity index (χ2n) is 4.37. The number of esters is 1. The first-order valence-corrected chi connectivity index (χ1v) is 6.97. The number of amides is 1. The first kappa shape index (κ1) is 18.4. The predicted octanol–water partition coefficient (Wildman–Crippen LogP) is 3.25. The average Bonchev–Trinajstić information content (AvgIpc) is 2.49. The molecular weight excluding hydrogens is 324 g/mol. The molecule has 23 heavy (non-hydrogen) atoms. The lowest BCUT2D eigenvalue weighted by atomic mass is 10.2. The minimum atomic E-state index is -1.05. The third kappa shape index (κ3) is 5.91. The number of ether oxygens (including phenoxy) is 1. The molecule has 1 amide bonds. The Balaban J connectivity index is 2.68. The molecular formula is C15H15ClN2O5. The van der Waals surface area contributed by atoms with Gasteiger partial charge in [0.15, 0.2) is 6.10 Å². The molecule has 0 saturated heterocycles. The molecule has 1 aromatic carbocycles. The van der Waals surface area contributed by atoms with E-state index in [1.807, 2.05) is 0 Å². The number of allylic oxidation sites excluding steroid dienone is 3. The molecule has 0 bridgehead atoms. The Morgan fingerprint density at radius 2 is 2.09 bits per heavy atom. The summed E-state index contributed by atoms with van der Waals surface area (Å²) in [6.45, 7) is 3.19. The Kier molecular flexibility index (Phi) is 6.95. The summed E-state index contributed by atoms with van der Waals surface area (Å²) in [5.74, 6) is -1.27. The minimum Gasteiger partial charge on any atom is -0.449 e. The zero-order valence-electron chi connectivity index (χ0n) is 12.5. The van der Waals surface area contributed by atoms with E-state index in [0.717, 1.165) is 6.07 Å².